The predicted octanol–water partition coefficient (Wildman–Crippen LogP) is 1.07. The quantitative estimate of drug-likeness (QED) is 0.638. The van der Waals surface area contributed by atoms with E-state index in [2.05, 4.69) is 23.9 Å². The Kier molecular flexibility index (Phi) is 8.37. The van der Waals surface area contributed by atoms with Gasteiger partial charge in [0.1, 0.15) is 6.04 Å². The molecule has 0 aromatic rings. The molecule has 0 radical (unpaired) electrons. The van der Waals surface area contributed by atoms with Crippen LogP contribution in [0.2, 0.25) is 0 Å². The third-order valence-corrected chi connectivity index (χ3v) is 3.15. The zero-order chi connectivity index (χ0) is 14.1. The van der Waals surface area contributed by atoms with Crippen LogP contribution in [0.3, 0.4) is 0 Å². The van der Waals surface area contributed by atoms with E-state index >= 15 is 0 Å². The van der Waals surface area contributed by atoms with Crippen molar-refractivity contribution >= 4 is 11.9 Å². The number of nitrogens with one attached hydrogen (secondary N) is 1. The number of nitrogens with two attached hydrogens (primary N) is 1. The molecule has 0 rings (SSSR count). The molecule has 1 amide bonds. The Bertz CT molecular complexity index is 267. The lowest BCUT2D eigenvalue weighted by Gasteiger charge is -2.20. The molecule has 0 heterocycles. The Morgan fingerprint density at radius 1 is 1.22 bits per heavy atom. The smallest absolute Gasteiger partial charge is 0.328 e. The highest BCUT2D eigenvalue weighted by atomic mass is 16.5. The second-order valence-corrected chi connectivity index (χ2v) is 4.93. The van der Waals surface area contributed by atoms with Crippen LogP contribution in [0, 0.1) is 11.8 Å². The summed E-state index contributed by atoms with van der Waals surface area (Å²) < 4.78 is 4.55. The second-order valence-electron chi connectivity index (χ2n) is 4.93. The van der Waals surface area contributed by atoms with Crippen LogP contribution in [-0.4, -0.2) is 31.6 Å². The standard InChI is InChI=1S/C13H26N2O3/c1-9(2)11(7-8-14)5-6-12(16)15-10(3)13(17)18-4/h9-11H,5-8,14H2,1-4H3,(H,15,16). The SMILES string of the molecule is COC(=O)C(C)NC(=O)CCC(CCN)C(C)C. The van der Waals surface area contributed by atoms with Crippen molar-refractivity contribution in [3.8, 4) is 0 Å². The molecule has 5 heteroatoms. The van der Waals surface area contributed by atoms with Gasteiger partial charge < -0.3 is 15.8 Å². The fourth-order valence-electron chi connectivity index (χ4n) is 1.89. The maximum Gasteiger partial charge on any atom is 0.328 e. The molecule has 3 N–H and O–H groups in total. The number of ether oxygens (including phenoxy) is 1. The van der Waals surface area contributed by atoms with Gasteiger partial charge in [-0.15, -0.1) is 0 Å². The van der Waals surface area contributed by atoms with Gasteiger partial charge in [-0.2, -0.15) is 0 Å². The first-order chi connectivity index (χ1) is 8.42. The molecule has 0 aliphatic heterocycles. The summed E-state index contributed by atoms with van der Waals surface area (Å²) in [4.78, 5) is 22.8. The van der Waals surface area contributed by atoms with Crippen molar-refractivity contribution in [3.63, 3.8) is 0 Å². The molecule has 0 aliphatic rings. The van der Waals surface area contributed by atoms with Gasteiger partial charge in [0, 0.05) is 6.42 Å². The van der Waals surface area contributed by atoms with Crippen molar-refractivity contribution in [2.45, 2.75) is 46.1 Å². The van der Waals surface area contributed by atoms with Gasteiger partial charge >= 0.3 is 5.97 Å². The maximum absolute atomic E-state index is 11.7. The van der Waals surface area contributed by atoms with E-state index in [0.717, 1.165) is 12.8 Å². The van der Waals surface area contributed by atoms with Crippen LogP contribution in [0.5, 0.6) is 0 Å². The molecule has 0 saturated heterocycles. The first-order valence-electron chi connectivity index (χ1n) is 6.49. The first-order valence-corrected chi connectivity index (χ1v) is 6.49. The van der Waals surface area contributed by atoms with Gasteiger partial charge in [0.05, 0.1) is 7.11 Å². The number of carbonyl (C=O) groups excluding carboxylic acids is 2. The molecule has 0 aromatic carbocycles. The van der Waals surface area contributed by atoms with Crippen LogP contribution in [0.4, 0.5) is 0 Å². The van der Waals surface area contributed by atoms with Crippen LogP contribution in [0.1, 0.15) is 40.0 Å². The molecular weight excluding hydrogens is 232 g/mol. The topological polar surface area (TPSA) is 81.4 Å². The lowest BCUT2D eigenvalue weighted by Crippen LogP contribution is -2.39. The molecule has 2 atom stereocenters. The van der Waals surface area contributed by atoms with Crippen LogP contribution < -0.4 is 11.1 Å². The van der Waals surface area contributed by atoms with Gasteiger partial charge in [0.15, 0.2) is 0 Å². The molecule has 0 aliphatic carbocycles. The van der Waals surface area contributed by atoms with Gasteiger partial charge in [-0.3, -0.25) is 4.79 Å². The van der Waals surface area contributed by atoms with E-state index in [1.54, 1.807) is 6.92 Å². The van der Waals surface area contributed by atoms with Gasteiger partial charge in [-0.05, 0) is 38.1 Å². The molecule has 2 unspecified atom stereocenters. The molecule has 0 bridgehead atoms. The van der Waals surface area contributed by atoms with Gasteiger partial charge in [0.2, 0.25) is 5.91 Å². The highest BCUT2D eigenvalue weighted by Gasteiger charge is 2.18. The maximum atomic E-state index is 11.7. The summed E-state index contributed by atoms with van der Waals surface area (Å²) in [6.07, 6.45) is 2.15. The molecule has 106 valence electrons. The Hall–Kier alpha value is -1.10. The number of amides is 1. The van der Waals surface area contributed by atoms with Gasteiger partial charge in [-0.1, -0.05) is 13.8 Å². The minimum Gasteiger partial charge on any atom is -0.467 e. The Morgan fingerprint density at radius 2 is 1.83 bits per heavy atom. The number of rotatable bonds is 8. The lowest BCUT2D eigenvalue weighted by atomic mass is 9.88. The Labute approximate surface area is 109 Å². The number of carbonyl (C=O) groups is 2. The van der Waals surface area contributed by atoms with Crippen LogP contribution in [0.25, 0.3) is 0 Å². The third-order valence-electron chi connectivity index (χ3n) is 3.15. The van der Waals surface area contributed by atoms with E-state index in [0.29, 0.717) is 24.8 Å². The second kappa shape index (κ2) is 8.91. The monoisotopic (exact) mass is 258 g/mol. The van der Waals surface area contributed by atoms with Crippen molar-refractivity contribution in [2.24, 2.45) is 17.6 Å². The van der Waals surface area contributed by atoms with Crippen molar-refractivity contribution in [1.29, 1.82) is 0 Å². The van der Waals surface area contributed by atoms with E-state index in [1.807, 2.05) is 0 Å². The van der Waals surface area contributed by atoms with E-state index < -0.39 is 12.0 Å². The number of methoxy groups -OCH3 is 1. The summed E-state index contributed by atoms with van der Waals surface area (Å²) in [5, 5.41) is 2.62. The molecule has 0 saturated carbocycles. The Balaban J connectivity index is 4.04. The molecule has 0 fully saturated rings. The van der Waals surface area contributed by atoms with E-state index in [1.165, 1.54) is 7.11 Å². The van der Waals surface area contributed by atoms with E-state index in [4.69, 9.17) is 5.73 Å². The first kappa shape index (κ1) is 16.9. The third kappa shape index (κ3) is 6.59. The van der Waals surface area contributed by atoms with Crippen LogP contribution >= 0.6 is 0 Å². The van der Waals surface area contributed by atoms with Crippen molar-refractivity contribution in [2.75, 3.05) is 13.7 Å². The van der Waals surface area contributed by atoms with Gasteiger partial charge in [0.25, 0.3) is 0 Å². The Morgan fingerprint density at radius 3 is 2.28 bits per heavy atom. The summed E-state index contributed by atoms with van der Waals surface area (Å²) in [7, 11) is 1.31. The average Bonchev–Trinajstić information content (AvgIpc) is 2.32. The minimum absolute atomic E-state index is 0.115. The van der Waals surface area contributed by atoms with Crippen molar-refractivity contribution < 1.29 is 14.3 Å². The van der Waals surface area contributed by atoms with E-state index in [9.17, 15) is 9.59 Å². The predicted molar refractivity (Wildman–Crippen MR) is 70.9 cm³/mol. The zero-order valence-corrected chi connectivity index (χ0v) is 11.9. The summed E-state index contributed by atoms with van der Waals surface area (Å²) in [6.45, 7) is 6.52. The van der Waals surface area contributed by atoms with Crippen LogP contribution in [0.15, 0.2) is 0 Å². The zero-order valence-electron chi connectivity index (χ0n) is 11.9. The lowest BCUT2D eigenvalue weighted by molar-refractivity contribution is -0.144. The molecule has 0 spiro atoms. The normalized spacial score (nSPS) is 14.1. The van der Waals surface area contributed by atoms with Crippen molar-refractivity contribution in [1.82, 2.24) is 5.32 Å². The summed E-state index contributed by atoms with van der Waals surface area (Å²) in [6, 6.07) is -0.588. The minimum atomic E-state index is -0.588. The van der Waals surface area contributed by atoms with E-state index in [-0.39, 0.29) is 5.91 Å². The number of esters is 1. The summed E-state index contributed by atoms with van der Waals surface area (Å²) >= 11 is 0. The molecule has 0 aromatic heterocycles. The van der Waals surface area contributed by atoms with Gasteiger partial charge in [-0.25, -0.2) is 4.79 Å². The van der Waals surface area contributed by atoms with Crippen molar-refractivity contribution in [3.05, 3.63) is 0 Å². The number of hydrogen-bond donors (Lipinski definition) is 2. The summed E-state index contributed by atoms with van der Waals surface area (Å²) in [5.41, 5.74) is 5.55. The average molecular weight is 258 g/mol. The van der Waals surface area contributed by atoms with Crippen LogP contribution in [-0.2, 0) is 14.3 Å². The fourth-order valence-corrected chi connectivity index (χ4v) is 1.89. The number of hydrogen-bond acceptors (Lipinski definition) is 4. The molecule has 5 nitrogen and oxygen atoms in total. The summed E-state index contributed by atoms with van der Waals surface area (Å²) in [5.74, 6) is 0.426. The fraction of sp³-hybridized carbons (Fsp3) is 0.846. The highest BCUT2D eigenvalue weighted by Crippen LogP contribution is 2.20. The molecular formula is C13H26N2O3. The molecule has 18 heavy (non-hydrogen) atoms. The highest BCUT2D eigenvalue weighted by molar-refractivity contribution is 5.83. The largest absolute Gasteiger partial charge is 0.467 e.